The predicted octanol–water partition coefficient (Wildman–Crippen LogP) is 2.46. The molecule has 10 heteroatoms. The third-order valence-corrected chi connectivity index (χ3v) is 5.20. The van der Waals surface area contributed by atoms with Crippen LogP contribution < -0.4 is 15.5 Å². The molecular formula is C18H20F3N5OS. The molecule has 0 spiro atoms. The normalized spacial score (nSPS) is 14.1. The second-order valence-corrected chi connectivity index (χ2v) is 7.09. The maximum Gasteiger partial charge on any atom is 0.434 e. The van der Waals surface area contributed by atoms with Gasteiger partial charge in [-0.05, 0) is 18.1 Å². The standard InChI is InChI=1S/C18H20F3N5OS/c1-22-17(23-8-6-15-25-14(11-28-15)18(19,20)21)24-10-16(27)26-9-7-12-4-2-3-5-13(12)26/h2-5,11H,6-10H2,1H3,(H2,22,23,24). The summed E-state index contributed by atoms with van der Waals surface area (Å²) in [6.45, 7) is 1.08. The SMILES string of the molecule is CN=C(NCCc1nc(C(F)(F)F)cs1)NCC(=O)N1CCc2ccccc21. The van der Waals surface area contributed by atoms with Crippen LogP contribution in [0.15, 0.2) is 34.6 Å². The zero-order chi connectivity index (χ0) is 20.1. The van der Waals surface area contributed by atoms with Crippen molar-refractivity contribution in [3.8, 4) is 0 Å². The Morgan fingerprint density at radius 2 is 2.11 bits per heavy atom. The number of nitrogens with one attached hydrogen (secondary N) is 2. The minimum atomic E-state index is -4.42. The third-order valence-electron chi connectivity index (χ3n) is 4.29. The molecule has 2 heterocycles. The van der Waals surface area contributed by atoms with Crippen molar-refractivity contribution in [2.24, 2.45) is 4.99 Å². The summed E-state index contributed by atoms with van der Waals surface area (Å²) in [5, 5.41) is 7.33. The van der Waals surface area contributed by atoms with Crippen LogP contribution in [-0.2, 0) is 23.8 Å². The van der Waals surface area contributed by atoms with Gasteiger partial charge in [0.1, 0.15) is 0 Å². The van der Waals surface area contributed by atoms with Crippen molar-refractivity contribution < 1.29 is 18.0 Å². The quantitative estimate of drug-likeness (QED) is 0.586. The van der Waals surface area contributed by atoms with Gasteiger partial charge >= 0.3 is 6.18 Å². The van der Waals surface area contributed by atoms with E-state index in [1.807, 2.05) is 24.3 Å². The van der Waals surface area contributed by atoms with E-state index in [1.54, 1.807) is 11.9 Å². The van der Waals surface area contributed by atoms with Crippen molar-refractivity contribution in [3.63, 3.8) is 0 Å². The number of para-hydroxylation sites is 1. The van der Waals surface area contributed by atoms with E-state index in [4.69, 9.17) is 0 Å². The van der Waals surface area contributed by atoms with Gasteiger partial charge < -0.3 is 15.5 Å². The first-order valence-corrected chi connectivity index (χ1v) is 9.61. The summed E-state index contributed by atoms with van der Waals surface area (Å²) in [5.74, 6) is 0.344. The number of aromatic nitrogens is 1. The van der Waals surface area contributed by atoms with Gasteiger partial charge in [0.25, 0.3) is 0 Å². The summed E-state index contributed by atoms with van der Waals surface area (Å²) < 4.78 is 37.7. The Balaban J connectivity index is 1.45. The Morgan fingerprint density at radius 3 is 2.82 bits per heavy atom. The Labute approximate surface area is 164 Å². The molecule has 1 aromatic carbocycles. The number of hydrogen-bond donors (Lipinski definition) is 2. The molecule has 6 nitrogen and oxygen atoms in total. The number of guanidine groups is 1. The number of amides is 1. The number of alkyl halides is 3. The first-order chi connectivity index (χ1) is 13.4. The molecule has 1 aliphatic rings. The lowest BCUT2D eigenvalue weighted by molar-refractivity contribution is -0.140. The van der Waals surface area contributed by atoms with Crippen LogP contribution in [0.5, 0.6) is 0 Å². The Bertz CT molecular complexity index is 865. The molecule has 2 aromatic rings. The number of aliphatic imine (C=N–C) groups is 1. The molecule has 0 atom stereocenters. The zero-order valence-corrected chi connectivity index (χ0v) is 16.0. The van der Waals surface area contributed by atoms with E-state index >= 15 is 0 Å². The molecular weight excluding hydrogens is 391 g/mol. The van der Waals surface area contributed by atoms with Gasteiger partial charge in [0, 0.05) is 37.6 Å². The highest BCUT2D eigenvalue weighted by atomic mass is 32.1. The molecule has 1 aromatic heterocycles. The molecule has 1 aliphatic heterocycles. The maximum absolute atomic E-state index is 12.6. The number of carbonyl (C=O) groups is 1. The highest BCUT2D eigenvalue weighted by Gasteiger charge is 2.33. The highest BCUT2D eigenvalue weighted by molar-refractivity contribution is 7.09. The van der Waals surface area contributed by atoms with Crippen LogP contribution in [-0.4, -0.2) is 43.5 Å². The van der Waals surface area contributed by atoms with Gasteiger partial charge in [0.2, 0.25) is 5.91 Å². The van der Waals surface area contributed by atoms with Crippen molar-refractivity contribution in [2.75, 3.05) is 31.6 Å². The Morgan fingerprint density at radius 1 is 1.32 bits per heavy atom. The second kappa shape index (κ2) is 8.59. The van der Waals surface area contributed by atoms with Crippen molar-refractivity contribution in [1.82, 2.24) is 15.6 Å². The molecule has 0 unspecified atom stereocenters. The lowest BCUT2D eigenvalue weighted by Crippen LogP contribution is -2.44. The molecule has 150 valence electrons. The molecule has 0 aliphatic carbocycles. The molecule has 2 N–H and O–H groups in total. The zero-order valence-electron chi connectivity index (χ0n) is 15.2. The number of hydrogen-bond acceptors (Lipinski definition) is 4. The van der Waals surface area contributed by atoms with E-state index in [0.29, 0.717) is 30.5 Å². The van der Waals surface area contributed by atoms with Gasteiger partial charge in [-0.3, -0.25) is 9.79 Å². The highest BCUT2D eigenvalue weighted by Crippen LogP contribution is 2.30. The smallest absolute Gasteiger partial charge is 0.356 e. The van der Waals surface area contributed by atoms with E-state index < -0.39 is 11.9 Å². The van der Waals surface area contributed by atoms with Gasteiger partial charge in [-0.1, -0.05) is 18.2 Å². The van der Waals surface area contributed by atoms with Crippen LogP contribution in [0, 0.1) is 0 Å². The average Bonchev–Trinajstić information content (AvgIpc) is 3.31. The number of rotatable bonds is 5. The predicted molar refractivity (Wildman–Crippen MR) is 103 cm³/mol. The largest absolute Gasteiger partial charge is 0.434 e. The van der Waals surface area contributed by atoms with Crippen LogP contribution in [0.3, 0.4) is 0 Å². The van der Waals surface area contributed by atoms with Crippen LogP contribution in [0.4, 0.5) is 18.9 Å². The fourth-order valence-electron chi connectivity index (χ4n) is 2.92. The van der Waals surface area contributed by atoms with E-state index in [9.17, 15) is 18.0 Å². The number of thiazole rings is 1. The van der Waals surface area contributed by atoms with E-state index in [-0.39, 0.29) is 12.5 Å². The fraction of sp³-hybridized carbons (Fsp3) is 0.389. The third kappa shape index (κ3) is 4.80. The molecule has 0 bridgehead atoms. The molecule has 0 saturated carbocycles. The van der Waals surface area contributed by atoms with Gasteiger partial charge in [0.15, 0.2) is 11.7 Å². The minimum absolute atomic E-state index is 0.0670. The monoisotopic (exact) mass is 411 g/mol. The van der Waals surface area contributed by atoms with Gasteiger partial charge in [-0.15, -0.1) is 11.3 Å². The van der Waals surface area contributed by atoms with Gasteiger partial charge in [0.05, 0.1) is 11.6 Å². The average molecular weight is 411 g/mol. The summed E-state index contributed by atoms with van der Waals surface area (Å²) in [6.07, 6.45) is -3.26. The number of fused-ring (bicyclic) bond motifs is 1. The Kier molecular flexibility index (Phi) is 6.18. The minimum Gasteiger partial charge on any atom is -0.356 e. The number of nitrogens with zero attached hydrogens (tertiary/aromatic N) is 3. The topological polar surface area (TPSA) is 69.6 Å². The summed E-state index contributed by atoms with van der Waals surface area (Å²) in [7, 11) is 1.57. The summed E-state index contributed by atoms with van der Waals surface area (Å²) >= 11 is 0.972. The van der Waals surface area contributed by atoms with Crippen LogP contribution in [0.25, 0.3) is 0 Å². The molecule has 0 radical (unpaired) electrons. The van der Waals surface area contributed by atoms with Gasteiger partial charge in [-0.25, -0.2) is 4.98 Å². The molecule has 28 heavy (non-hydrogen) atoms. The van der Waals surface area contributed by atoms with Crippen LogP contribution in [0.2, 0.25) is 0 Å². The summed E-state index contributed by atoms with van der Waals surface area (Å²) in [6, 6.07) is 7.80. The summed E-state index contributed by atoms with van der Waals surface area (Å²) in [4.78, 5) is 21.8. The molecule has 0 fully saturated rings. The Hall–Kier alpha value is -2.62. The van der Waals surface area contributed by atoms with E-state index in [0.717, 1.165) is 34.4 Å². The van der Waals surface area contributed by atoms with E-state index in [2.05, 4.69) is 20.6 Å². The molecule has 3 rings (SSSR count). The van der Waals surface area contributed by atoms with E-state index in [1.165, 1.54) is 0 Å². The first kappa shape index (κ1) is 20.1. The van der Waals surface area contributed by atoms with Crippen molar-refractivity contribution >= 4 is 28.9 Å². The lowest BCUT2D eigenvalue weighted by Gasteiger charge is -2.18. The van der Waals surface area contributed by atoms with Crippen LogP contribution >= 0.6 is 11.3 Å². The van der Waals surface area contributed by atoms with Crippen LogP contribution in [0.1, 0.15) is 16.3 Å². The number of benzene rings is 1. The molecule has 0 saturated heterocycles. The molecule has 1 amide bonds. The van der Waals surface area contributed by atoms with Crippen molar-refractivity contribution in [2.45, 2.75) is 19.0 Å². The second-order valence-electron chi connectivity index (χ2n) is 6.15. The van der Waals surface area contributed by atoms with Crippen molar-refractivity contribution in [1.29, 1.82) is 0 Å². The number of halogens is 3. The summed E-state index contributed by atoms with van der Waals surface area (Å²) in [5.41, 5.74) is 1.22. The number of carbonyl (C=O) groups excluding carboxylic acids is 1. The first-order valence-electron chi connectivity index (χ1n) is 8.73. The number of anilines is 1. The fourth-order valence-corrected chi connectivity index (χ4v) is 3.72. The maximum atomic E-state index is 12.6. The lowest BCUT2D eigenvalue weighted by atomic mass is 10.2. The van der Waals surface area contributed by atoms with Crippen molar-refractivity contribution in [3.05, 3.63) is 45.9 Å². The van der Waals surface area contributed by atoms with Gasteiger partial charge in [-0.2, -0.15) is 13.2 Å².